The molecule has 1 aliphatic rings. The molecule has 0 atom stereocenters. The van der Waals surface area contributed by atoms with E-state index in [9.17, 15) is 9.65 Å². The number of halogens is 1. The van der Waals surface area contributed by atoms with Crippen molar-refractivity contribution < 1.29 is 4.39 Å². The molecule has 4 aromatic heterocycles. The summed E-state index contributed by atoms with van der Waals surface area (Å²) in [6.07, 6.45) is 11.4. The Morgan fingerprint density at radius 1 is 1.21 bits per heavy atom. The second kappa shape index (κ2) is 8.96. The molecule has 0 unspecified atom stereocenters. The van der Waals surface area contributed by atoms with E-state index in [4.69, 9.17) is 5.10 Å². The summed E-state index contributed by atoms with van der Waals surface area (Å²) >= 11 is 1.20. The largest absolute Gasteiger partial charge is 0.317 e. The number of nitriles is 1. The minimum absolute atomic E-state index is 0.260. The lowest BCUT2D eigenvalue weighted by atomic mass is 9.91. The van der Waals surface area contributed by atoms with Crippen LogP contribution in [0.15, 0.2) is 52.9 Å². The second-order valence-electron chi connectivity index (χ2n) is 8.33. The molecule has 168 valence electrons. The Bertz CT molecular complexity index is 1340. The van der Waals surface area contributed by atoms with E-state index in [0.29, 0.717) is 23.2 Å². The number of nitrogens with zero attached hydrogens (tertiary/aromatic N) is 6. The van der Waals surface area contributed by atoms with Crippen LogP contribution in [-0.2, 0) is 0 Å². The van der Waals surface area contributed by atoms with Crippen LogP contribution in [0.3, 0.4) is 0 Å². The van der Waals surface area contributed by atoms with E-state index < -0.39 is 5.82 Å². The highest BCUT2D eigenvalue weighted by molar-refractivity contribution is 7.99. The van der Waals surface area contributed by atoms with Crippen LogP contribution >= 0.6 is 11.8 Å². The summed E-state index contributed by atoms with van der Waals surface area (Å²) in [4.78, 5) is 4.90. The lowest BCUT2D eigenvalue weighted by Crippen LogP contribution is -2.31. The molecule has 7 nitrogen and oxygen atoms in total. The van der Waals surface area contributed by atoms with E-state index in [0.717, 1.165) is 47.4 Å². The molecule has 1 N–H and O–H groups in total. The van der Waals surface area contributed by atoms with Crippen molar-refractivity contribution in [3.63, 3.8) is 0 Å². The van der Waals surface area contributed by atoms with Crippen LogP contribution in [-0.4, -0.2) is 37.5 Å². The average molecular weight is 462 g/mol. The first-order valence-electron chi connectivity index (χ1n) is 11.0. The zero-order chi connectivity index (χ0) is 22.9. The Balaban J connectivity index is 1.55. The van der Waals surface area contributed by atoms with Crippen molar-refractivity contribution in [1.82, 2.24) is 29.7 Å². The maximum atomic E-state index is 14.3. The van der Waals surface area contributed by atoms with E-state index in [2.05, 4.69) is 33.1 Å². The van der Waals surface area contributed by atoms with Crippen LogP contribution in [0.5, 0.6) is 0 Å². The zero-order valence-corrected chi connectivity index (χ0v) is 19.3. The van der Waals surface area contributed by atoms with Crippen LogP contribution in [0, 0.1) is 24.1 Å². The van der Waals surface area contributed by atoms with Crippen LogP contribution in [0.25, 0.3) is 16.6 Å². The van der Waals surface area contributed by atoms with Gasteiger partial charge in [0, 0.05) is 40.2 Å². The average Bonchev–Trinajstić information content (AvgIpc) is 3.44. The standard InChI is InChI=1S/C24H24FN7S/c1-15-20(13-30-32(15)19-7-5-18(27-2)6-8-19)16-10-22(33-24-21(25)4-3-9-28-24)23-17(11-26)12-29-31(23)14-16/h3-4,9-10,12-14,18-19,27H,5-8H2,1-2H3. The molecule has 0 aliphatic heterocycles. The van der Waals surface area contributed by atoms with Gasteiger partial charge in [0.15, 0.2) is 5.82 Å². The zero-order valence-electron chi connectivity index (χ0n) is 18.5. The molecule has 1 aliphatic carbocycles. The number of nitrogens with one attached hydrogen (secondary N) is 1. The van der Waals surface area contributed by atoms with Crippen molar-refractivity contribution in [3.8, 4) is 17.2 Å². The third-order valence-corrected chi connectivity index (χ3v) is 7.46. The van der Waals surface area contributed by atoms with E-state index in [1.165, 1.54) is 24.0 Å². The SMILES string of the molecule is CNC1CCC(n2ncc(-c3cc(Sc4ncccc4F)c4c(C#N)cnn4c3)c2C)CC1. The van der Waals surface area contributed by atoms with E-state index in [1.54, 1.807) is 16.8 Å². The van der Waals surface area contributed by atoms with Gasteiger partial charge in [-0.15, -0.1) is 0 Å². The molecule has 0 saturated heterocycles. The first-order chi connectivity index (χ1) is 16.1. The summed E-state index contributed by atoms with van der Waals surface area (Å²) < 4.78 is 18.2. The monoisotopic (exact) mass is 461 g/mol. The molecule has 4 aromatic rings. The molecular formula is C24H24FN7S. The molecule has 0 spiro atoms. The van der Waals surface area contributed by atoms with Crippen LogP contribution < -0.4 is 5.32 Å². The number of pyridine rings is 2. The summed E-state index contributed by atoms with van der Waals surface area (Å²) in [5, 5.41) is 22.3. The summed E-state index contributed by atoms with van der Waals surface area (Å²) in [6, 6.07) is 8.08. The molecule has 33 heavy (non-hydrogen) atoms. The van der Waals surface area contributed by atoms with Crippen LogP contribution in [0.2, 0.25) is 0 Å². The molecule has 0 amide bonds. The van der Waals surface area contributed by atoms with E-state index in [1.807, 2.05) is 25.5 Å². The molecule has 9 heteroatoms. The fourth-order valence-electron chi connectivity index (χ4n) is 4.63. The van der Waals surface area contributed by atoms with Gasteiger partial charge in [-0.1, -0.05) is 11.8 Å². The maximum Gasteiger partial charge on any atom is 0.155 e. The lowest BCUT2D eigenvalue weighted by Gasteiger charge is -2.29. The van der Waals surface area contributed by atoms with Crippen LogP contribution in [0.1, 0.15) is 43.0 Å². The number of rotatable bonds is 5. The smallest absolute Gasteiger partial charge is 0.155 e. The topological polar surface area (TPSA) is 83.8 Å². The molecule has 4 heterocycles. The molecule has 5 rings (SSSR count). The Kier molecular flexibility index (Phi) is 5.87. The Hall–Kier alpha value is -3.22. The molecule has 1 saturated carbocycles. The van der Waals surface area contributed by atoms with Crippen molar-refractivity contribution >= 4 is 17.3 Å². The van der Waals surface area contributed by atoms with Crippen molar-refractivity contribution in [1.29, 1.82) is 5.26 Å². The van der Waals surface area contributed by atoms with Gasteiger partial charge in [0.1, 0.15) is 11.1 Å². The minimum atomic E-state index is -0.398. The lowest BCUT2D eigenvalue weighted by molar-refractivity contribution is 0.281. The summed E-state index contributed by atoms with van der Waals surface area (Å²) in [6.45, 7) is 2.09. The van der Waals surface area contributed by atoms with Gasteiger partial charge in [-0.2, -0.15) is 15.5 Å². The number of hydrogen-bond donors (Lipinski definition) is 1. The van der Waals surface area contributed by atoms with Gasteiger partial charge >= 0.3 is 0 Å². The summed E-state index contributed by atoms with van der Waals surface area (Å²) in [7, 11) is 2.03. The number of aromatic nitrogens is 5. The van der Waals surface area contributed by atoms with Gasteiger partial charge in [-0.3, -0.25) is 4.68 Å². The van der Waals surface area contributed by atoms with E-state index >= 15 is 0 Å². The first kappa shape index (κ1) is 21.6. The van der Waals surface area contributed by atoms with Crippen molar-refractivity contribution in [2.45, 2.75) is 54.6 Å². The van der Waals surface area contributed by atoms with Crippen molar-refractivity contribution in [2.24, 2.45) is 0 Å². The Morgan fingerprint density at radius 3 is 2.76 bits per heavy atom. The molecule has 1 fully saturated rings. The predicted octanol–water partition coefficient (Wildman–Crippen LogP) is 4.77. The van der Waals surface area contributed by atoms with Gasteiger partial charge in [-0.25, -0.2) is 13.9 Å². The summed E-state index contributed by atoms with van der Waals surface area (Å²) in [5.41, 5.74) is 4.10. The fraction of sp³-hybridized carbons (Fsp3) is 0.333. The highest BCUT2D eigenvalue weighted by atomic mass is 32.2. The molecular weight excluding hydrogens is 437 g/mol. The van der Waals surface area contributed by atoms with Crippen LogP contribution in [0.4, 0.5) is 4.39 Å². The summed E-state index contributed by atoms with van der Waals surface area (Å²) in [5.74, 6) is -0.398. The second-order valence-corrected chi connectivity index (χ2v) is 9.36. The molecule has 0 bridgehead atoms. The highest BCUT2D eigenvalue weighted by Gasteiger charge is 2.24. The Morgan fingerprint density at radius 2 is 2.03 bits per heavy atom. The molecule has 0 radical (unpaired) electrons. The third kappa shape index (κ3) is 4.01. The highest BCUT2D eigenvalue weighted by Crippen LogP contribution is 2.37. The van der Waals surface area contributed by atoms with Gasteiger partial charge in [0.2, 0.25) is 0 Å². The normalized spacial score (nSPS) is 18.5. The van der Waals surface area contributed by atoms with Gasteiger partial charge in [0.05, 0.1) is 29.5 Å². The quantitative estimate of drug-likeness (QED) is 0.461. The number of hydrogen-bond acceptors (Lipinski definition) is 6. The van der Waals surface area contributed by atoms with Crippen molar-refractivity contribution in [3.05, 3.63) is 60.1 Å². The third-order valence-electron chi connectivity index (χ3n) is 6.44. The Labute approximate surface area is 195 Å². The van der Waals surface area contributed by atoms with Crippen molar-refractivity contribution in [2.75, 3.05) is 7.05 Å². The fourth-order valence-corrected chi connectivity index (χ4v) is 5.60. The molecule has 0 aromatic carbocycles. The minimum Gasteiger partial charge on any atom is -0.317 e. The van der Waals surface area contributed by atoms with E-state index in [-0.39, 0.29) is 5.03 Å². The first-order valence-corrected chi connectivity index (χ1v) is 11.8. The maximum absolute atomic E-state index is 14.3. The van der Waals surface area contributed by atoms with Gasteiger partial charge in [-0.05, 0) is 57.9 Å². The van der Waals surface area contributed by atoms with Gasteiger partial charge < -0.3 is 5.32 Å². The van der Waals surface area contributed by atoms with Gasteiger partial charge in [0.25, 0.3) is 0 Å². The predicted molar refractivity (Wildman–Crippen MR) is 125 cm³/mol. The number of fused-ring (bicyclic) bond motifs is 1.